The van der Waals surface area contributed by atoms with Crippen LogP contribution in [-0.4, -0.2) is 14.5 Å². The highest BCUT2D eigenvalue weighted by atomic mass is 32.1. The summed E-state index contributed by atoms with van der Waals surface area (Å²) < 4.78 is 7.52. The van der Waals surface area contributed by atoms with Gasteiger partial charge in [0.1, 0.15) is 0 Å². The largest absolute Gasteiger partial charge is 0.278 e. The number of rotatable bonds is 3. The van der Waals surface area contributed by atoms with Crippen molar-refractivity contribution in [2.24, 2.45) is 0 Å². The summed E-state index contributed by atoms with van der Waals surface area (Å²) in [5.41, 5.74) is 7.54. The fraction of sp³-hybridized carbons (Fsp3) is 0. The van der Waals surface area contributed by atoms with E-state index in [1.54, 1.807) is 0 Å². The van der Waals surface area contributed by atoms with Crippen LogP contribution in [0.3, 0.4) is 0 Å². The Kier molecular flexibility index (Phi) is 6.09. The molecule has 3 nitrogen and oxygen atoms in total. The number of nitrogens with zero attached hydrogens (tertiary/aromatic N) is 3. The fourth-order valence-electron chi connectivity index (χ4n) is 8.33. The van der Waals surface area contributed by atoms with Crippen molar-refractivity contribution < 1.29 is 0 Å². The smallest absolute Gasteiger partial charge is 0.235 e. The van der Waals surface area contributed by atoms with E-state index in [2.05, 4.69) is 168 Å². The van der Waals surface area contributed by atoms with Crippen LogP contribution in [-0.2, 0) is 0 Å². The number of benzene rings is 8. The van der Waals surface area contributed by atoms with Crippen molar-refractivity contribution in [3.05, 3.63) is 164 Å². The monoisotopic (exact) mass is 709 g/mol. The minimum absolute atomic E-state index is 0.679. The second-order valence-corrected chi connectivity index (χ2v) is 15.8. The van der Waals surface area contributed by atoms with Crippen molar-refractivity contribution in [3.63, 3.8) is 0 Å². The number of hydrogen-bond acceptors (Lipinski definition) is 4. The van der Waals surface area contributed by atoms with Crippen molar-refractivity contribution in [1.29, 1.82) is 0 Å². The average Bonchev–Trinajstić information content (AvgIpc) is 3.90. The molecule has 12 rings (SSSR count). The molecule has 0 bridgehead atoms. The molecule has 0 amide bonds. The van der Waals surface area contributed by atoms with Gasteiger partial charge < -0.3 is 0 Å². The van der Waals surface area contributed by atoms with Gasteiger partial charge in [-0.25, -0.2) is 9.97 Å². The maximum absolute atomic E-state index is 5.46. The lowest BCUT2D eigenvalue weighted by molar-refractivity contribution is 1.01. The lowest BCUT2D eigenvalue weighted by Gasteiger charge is -2.12. The van der Waals surface area contributed by atoms with Crippen LogP contribution in [0.5, 0.6) is 0 Å². The van der Waals surface area contributed by atoms with Crippen molar-refractivity contribution in [1.82, 2.24) is 14.5 Å². The third kappa shape index (κ3) is 4.26. The highest BCUT2D eigenvalue weighted by Gasteiger charge is 2.23. The molecule has 0 spiro atoms. The van der Waals surface area contributed by atoms with Gasteiger partial charge in [0.25, 0.3) is 0 Å². The molecule has 5 heteroatoms. The van der Waals surface area contributed by atoms with Gasteiger partial charge in [-0.1, -0.05) is 127 Å². The first kappa shape index (κ1) is 29.2. The SMILES string of the molecule is c1ccc2cc(-c3ccc(-c4nc(-n5c6ccc7c8ccccc8sc7c6c6c7sc8ccccc8c7ccc65)nc5ccccc45)cc3)ccc2c1. The minimum atomic E-state index is 0.679. The van der Waals surface area contributed by atoms with Crippen LogP contribution < -0.4 is 0 Å². The van der Waals surface area contributed by atoms with Gasteiger partial charge in [-0.3, -0.25) is 4.57 Å². The van der Waals surface area contributed by atoms with Gasteiger partial charge in [0.05, 0.1) is 22.2 Å². The summed E-state index contributed by atoms with van der Waals surface area (Å²) in [5, 5.41) is 11.3. The highest BCUT2D eigenvalue weighted by Crippen LogP contribution is 2.48. The quantitative estimate of drug-likeness (QED) is 0.183. The first-order valence-electron chi connectivity index (χ1n) is 17.8. The van der Waals surface area contributed by atoms with Gasteiger partial charge >= 0.3 is 0 Å². The summed E-state index contributed by atoms with van der Waals surface area (Å²) in [6.45, 7) is 0. The molecule has 246 valence electrons. The molecule has 53 heavy (non-hydrogen) atoms. The zero-order valence-corrected chi connectivity index (χ0v) is 29.9. The number of thiophene rings is 2. The second-order valence-electron chi connectivity index (χ2n) is 13.7. The Morgan fingerprint density at radius 3 is 1.62 bits per heavy atom. The molecular formula is C48H27N3S2. The van der Waals surface area contributed by atoms with E-state index in [1.807, 2.05) is 22.7 Å². The summed E-state index contributed by atoms with van der Waals surface area (Å²) >= 11 is 3.77. The van der Waals surface area contributed by atoms with E-state index < -0.39 is 0 Å². The Morgan fingerprint density at radius 2 is 0.943 bits per heavy atom. The third-order valence-corrected chi connectivity index (χ3v) is 13.2. The molecule has 0 radical (unpaired) electrons. The predicted octanol–water partition coefficient (Wildman–Crippen LogP) is 13.9. The Morgan fingerprint density at radius 1 is 0.396 bits per heavy atom. The van der Waals surface area contributed by atoms with Crippen molar-refractivity contribution in [3.8, 4) is 28.3 Å². The van der Waals surface area contributed by atoms with Gasteiger partial charge in [-0.15, -0.1) is 22.7 Å². The topological polar surface area (TPSA) is 30.7 Å². The normalized spacial score (nSPS) is 12.2. The molecule has 12 aromatic rings. The molecule has 4 heterocycles. The van der Waals surface area contributed by atoms with Crippen LogP contribution in [0, 0.1) is 0 Å². The van der Waals surface area contributed by atoms with E-state index in [4.69, 9.17) is 9.97 Å². The number of hydrogen-bond donors (Lipinski definition) is 0. The lowest BCUT2D eigenvalue weighted by atomic mass is 9.99. The summed E-state index contributed by atoms with van der Waals surface area (Å²) in [7, 11) is 0. The molecule has 4 aromatic heterocycles. The van der Waals surface area contributed by atoms with Gasteiger partial charge in [-0.2, -0.15) is 0 Å². The Hall–Kier alpha value is -6.40. The maximum Gasteiger partial charge on any atom is 0.235 e. The van der Waals surface area contributed by atoms with E-state index in [9.17, 15) is 0 Å². The lowest BCUT2D eigenvalue weighted by Crippen LogP contribution is -2.03. The van der Waals surface area contributed by atoms with Gasteiger partial charge in [0.15, 0.2) is 0 Å². The van der Waals surface area contributed by atoms with Crippen molar-refractivity contribution in [2.75, 3.05) is 0 Å². The van der Waals surface area contributed by atoms with Gasteiger partial charge in [0, 0.05) is 62.1 Å². The number of para-hydroxylation sites is 1. The molecule has 0 saturated heterocycles. The van der Waals surface area contributed by atoms with Crippen LogP contribution >= 0.6 is 22.7 Å². The third-order valence-electron chi connectivity index (χ3n) is 10.8. The van der Waals surface area contributed by atoms with E-state index >= 15 is 0 Å². The minimum Gasteiger partial charge on any atom is -0.278 e. The molecule has 0 aliphatic carbocycles. The molecule has 0 aliphatic rings. The summed E-state index contributed by atoms with van der Waals surface area (Å²) in [4.78, 5) is 10.8. The Balaban J connectivity index is 1.13. The molecule has 0 saturated carbocycles. The molecule has 8 aromatic carbocycles. The van der Waals surface area contributed by atoms with E-state index in [0.29, 0.717) is 5.95 Å². The first-order chi connectivity index (χ1) is 26.3. The molecule has 0 aliphatic heterocycles. The Bertz CT molecular complexity index is 3330. The van der Waals surface area contributed by atoms with Gasteiger partial charge in [-0.05, 0) is 58.3 Å². The number of fused-ring (bicyclic) bond motifs is 13. The van der Waals surface area contributed by atoms with Crippen molar-refractivity contribution >= 4 is 106 Å². The van der Waals surface area contributed by atoms with Gasteiger partial charge in [0.2, 0.25) is 5.95 Å². The fourth-order valence-corrected chi connectivity index (χ4v) is 10.8. The van der Waals surface area contributed by atoms with Crippen LogP contribution in [0.2, 0.25) is 0 Å². The molecule has 0 fully saturated rings. The second kappa shape index (κ2) is 11.1. The standard InChI is InChI=1S/C48H27N3S2/c1-2-10-31-27-32(22-19-28(31)9-1)29-17-20-30(21-18-29)45-37-13-3-6-14-38(37)49-48(50-45)51-39-25-23-35-33-11-4-7-15-41(33)52-46(35)43(39)44-40(51)26-24-36-34-12-5-8-16-42(34)53-47(36)44/h1-27H. The zero-order valence-electron chi connectivity index (χ0n) is 28.2. The van der Waals surface area contributed by atoms with E-state index in [0.717, 1.165) is 33.2 Å². The maximum atomic E-state index is 5.46. The first-order valence-corrected chi connectivity index (χ1v) is 19.5. The molecular weight excluding hydrogens is 683 g/mol. The summed E-state index contributed by atoms with van der Waals surface area (Å²) in [6, 6.07) is 59.1. The van der Waals surface area contributed by atoms with Crippen LogP contribution in [0.15, 0.2) is 164 Å². The summed E-state index contributed by atoms with van der Waals surface area (Å²) in [6.07, 6.45) is 0. The van der Waals surface area contributed by atoms with Crippen LogP contribution in [0.25, 0.3) is 112 Å². The number of aromatic nitrogens is 3. The zero-order chi connectivity index (χ0) is 34.6. The summed E-state index contributed by atoms with van der Waals surface area (Å²) in [5.74, 6) is 0.679. The highest BCUT2D eigenvalue weighted by molar-refractivity contribution is 7.28. The van der Waals surface area contributed by atoms with E-state index in [1.165, 1.54) is 73.0 Å². The van der Waals surface area contributed by atoms with E-state index in [-0.39, 0.29) is 0 Å². The molecule has 0 unspecified atom stereocenters. The van der Waals surface area contributed by atoms with Crippen LogP contribution in [0.4, 0.5) is 0 Å². The Labute approximate surface area is 311 Å². The van der Waals surface area contributed by atoms with Crippen molar-refractivity contribution in [2.45, 2.75) is 0 Å². The van der Waals surface area contributed by atoms with Crippen LogP contribution in [0.1, 0.15) is 0 Å². The predicted molar refractivity (Wildman–Crippen MR) is 228 cm³/mol. The average molecular weight is 710 g/mol. The molecule has 0 N–H and O–H groups in total. The molecule has 0 atom stereocenters.